The summed E-state index contributed by atoms with van der Waals surface area (Å²) in [5.41, 5.74) is 0.203. The Balaban J connectivity index is 1.44. The molecule has 1 saturated carbocycles. The molecule has 1 fully saturated rings. The van der Waals surface area contributed by atoms with E-state index >= 15 is 0 Å². The van der Waals surface area contributed by atoms with Gasteiger partial charge in [0.05, 0.1) is 5.69 Å². The highest BCUT2D eigenvalue weighted by Gasteiger charge is 2.24. The lowest BCUT2D eigenvalue weighted by atomic mass is 9.95. The van der Waals surface area contributed by atoms with E-state index in [0.29, 0.717) is 5.25 Å². The highest BCUT2D eigenvalue weighted by Crippen LogP contribution is 2.32. The Morgan fingerprint density at radius 2 is 2.04 bits per heavy atom. The Kier molecular flexibility index (Phi) is 5.40. The normalized spacial score (nSPS) is 20.6. The second kappa shape index (κ2) is 7.70. The molecule has 1 heterocycles. The maximum atomic E-state index is 13.5. The molecule has 3 rings (SSSR count). The number of imidazole rings is 1. The van der Waals surface area contributed by atoms with Crippen LogP contribution in [0.1, 0.15) is 25.7 Å². The molecule has 24 heavy (non-hydrogen) atoms. The molecule has 0 spiro atoms. The smallest absolute Gasteiger partial charge is 0.319 e. The Morgan fingerprint density at radius 3 is 2.71 bits per heavy atom. The summed E-state index contributed by atoms with van der Waals surface area (Å²) in [7, 11) is 2.00. The number of aryl methyl sites for hydroxylation is 1. The Hall–Kier alpha value is -2.02. The molecule has 128 valence electrons. The van der Waals surface area contributed by atoms with E-state index in [1.807, 2.05) is 24.0 Å². The van der Waals surface area contributed by atoms with E-state index < -0.39 is 5.82 Å². The number of carbonyl (C=O) groups is 1. The summed E-state index contributed by atoms with van der Waals surface area (Å²) in [5, 5.41) is 7.07. The van der Waals surface area contributed by atoms with Crippen LogP contribution in [0.25, 0.3) is 0 Å². The summed E-state index contributed by atoms with van der Waals surface area (Å²) in [6.07, 6.45) is 7.66. The van der Waals surface area contributed by atoms with Crippen molar-refractivity contribution in [3.05, 3.63) is 42.5 Å². The average molecular weight is 348 g/mol. The molecular weight excluding hydrogens is 327 g/mol. The van der Waals surface area contributed by atoms with Crippen LogP contribution < -0.4 is 10.6 Å². The van der Waals surface area contributed by atoms with Gasteiger partial charge >= 0.3 is 6.03 Å². The summed E-state index contributed by atoms with van der Waals surface area (Å²) in [5.74, 6) is -0.428. The summed E-state index contributed by atoms with van der Waals surface area (Å²) in [4.78, 5) is 16.4. The molecule has 7 heteroatoms. The largest absolute Gasteiger partial charge is 0.335 e. The number of urea groups is 1. The molecular formula is C17H21FN4OS. The molecule has 5 nitrogen and oxygen atoms in total. The zero-order valence-electron chi connectivity index (χ0n) is 13.5. The fourth-order valence-electron chi connectivity index (χ4n) is 2.85. The van der Waals surface area contributed by atoms with Gasteiger partial charge in [-0.1, -0.05) is 23.9 Å². The van der Waals surface area contributed by atoms with Crippen LogP contribution >= 0.6 is 11.8 Å². The van der Waals surface area contributed by atoms with Crippen LogP contribution in [0.4, 0.5) is 14.9 Å². The molecule has 2 N–H and O–H groups in total. The lowest BCUT2D eigenvalue weighted by Gasteiger charge is -2.28. The van der Waals surface area contributed by atoms with E-state index in [1.54, 1.807) is 30.0 Å². The average Bonchev–Trinajstić information content (AvgIpc) is 2.96. The van der Waals surface area contributed by atoms with E-state index in [-0.39, 0.29) is 17.8 Å². The van der Waals surface area contributed by atoms with Crippen molar-refractivity contribution in [2.24, 2.45) is 7.05 Å². The van der Waals surface area contributed by atoms with Gasteiger partial charge in [0, 0.05) is 30.7 Å². The summed E-state index contributed by atoms with van der Waals surface area (Å²) in [6.45, 7) is 0. The molecule has 0 bridgehead atoms. The van der Waals surface area contributed by atoms with Gasteiger partial charge in [-0.2, -0.15) is 0 Å². The van der Waals surface area contributed by atoms with Crippen LogP contribution in [0, 0.1) is 5.82 Å². The van der Waals surface area contributed by atoms with E-state index in [0.717, 1.165) is 30.8 Å². The SMILES string of the molecule is Cn1ccnc1SC1CCC(NC(=O)Nc2ccccc2F)CC1. The first-order chi connectivity index (χ1) is 11.6. The standard InChI is InChI=1S/C17H21FN4OS/c1-22-11-10-19-17(22)24-13-8-6-12(7-9-13)20-16(23)21-15-5-3-2-4-14(15)18/h2-5,10-13H,6-9H2,1H3,(H2,20,21,23). The van der Waals surface area contributed by atoms with Gasteiger partial charge in [0.1, 0.15) is 5.82 Å². The number of aromatic nitrogens is 2. The summed E-state index contributed by atoms with van der Waals surface area (Å²) < 4.78 is 15.6. The van der Waals surface area contributed by atoms with Gasteiger partial charge in [-0.15, -0.1) is 0 Å². The summed E-state index contributed by atoms with van der Waals surface area (Å²) >= 11 is 1.80. The van der Waals surface area contributed by atoms with Gasteiger partial charge in [0.2, 0.25) is 0 Å². The van der Waals surface area contributed by atoms with Crippen molar-refractivity contribution in [3.8, 4) is 0 Å². The first-order valence-electron chi connectivity index (χ1n) is 8.08. The van der Waals surface area contributed by atoms with Crippen LogP contribution in [0.5, 0.6) is 0 Å². The number of para-hydroxylation sites is 1. The molecule has 1 aromatic heterocycles. The third-order valence-corrected chi connectivity index (χ3v) is 5.59. The molecule has 0 radical (unpaired) electrons. The first kappa shape index (κ1) is 16.8. The van der Waals surface area contributed by atoms with Crippen molar-refractivity contribution in [1.82, 2.24) is 14.9 Å². The third-order valence-electron chi connectivity index (χ3n) is 4.18. The van der Waals surface area contributed by atoms with E-state index in [4.69, 9.17) is 0 Å². The van der Waals surface area contributed by atoms with Crippen molar-refractivity contribution < 1.29 is 9.18 Å². The van der Waals surface area contributed by atoms with Crippen LogP contribution in [0.3, 0.4) is 0 Å². The van der Waals surface area contributed by atoms with Crippen LogP contribution in [0.2, 0.25) is 0 Å². The molecule has 1 aromatic carbocycles. The van der Waals surface area contributed by atoms with Gasteiger partial charge in [0.25, 0.3) is 0 Å². The number of nitrogens with zero attached hydrogens (tertiary/aromatic N) is 2. The van der Waals surface area contributed by atoms with Crippen molar-refractivity contribution in [2.45, 2.75) is 42.1 Å². The van der Waals surface area contributed by atoms with Crippen LogP contribution in [-0.2, 0) is 7.05 Å². The number of carbonyl (C=O) groups excluding carboxylic acids is 1. The summed E-state index contributed by atoms with van der Waals surface area (Å²) in [6, 6.07) is 5.96. The fraction of sp³-hybridized carbons (Fsp3) is 0.412. The Labute approximate surface area is 145 Å². The first-order valence-corrected chi connectivity index (χ1v) is 8.96. The quantitative estimate of drug-likeness (QED) is 0.884. The second-order valence-corrected chi connectivity index (χ2v) is 7.26. The third kappa shape index (κ3) is 4.29. The zero-order chi connectivity index (χ0) is 16.9. The van der Waals surface area contributed by atoms with Gasteiger partial charge in [-0.05, 0) is 37.8 Å². The molecule has 2 amide bonds. The minimum absolute atomic E-state index is 0.134. The number of amides is 2. The highest BCUT2D eigenvalue weighted by atomic mass is 32.2. The lowest BCUT2D eigenvalue weighted by Crippen LogP contribution is -2.40. The molecule has 0 saturated heterocycles. The molecule has 0 atom stereocenters. The van der Waals surface area contributed by atoms with Gasteiger partial charge in [-0.25, -0.2) is 14.2 Å². The lowest BCUT2D eigenvalue weighted by molar-refractivity contribution is 0.244. The van der Waals surface area contributed by atoms with E-state index in [1.165, 1.54) is 6.07 Å². The van der Waals surface area contributed by atoms with Crippen LogP contribution in [0.15, 0.2) is 41.8 Å². The minimum atomic E-state index is -0.428. The molecule has 1 aliphatic rings. The van der Waals surface area contributed by atoms with E-state index in [2.05, 4.69) is 15.6 Å². The van der Waals surface area contributed by atoms with E-state index in [9.17, 15) is 9.18 Å². The van der Waals surface area contributed by atoms with Crippen LogP contribution in [-0.4, -0.2) is 26.9 Å². The van der Waals surface area contributed by atoms with Gasteiger partial charge < -0.3 is 15.2 Å². The van der Waals surface area contributed by atoms with Crippen molar-refractivity contribution in [1.29, 1.82) is 0 Å². The number of nitrogens with one attached hydrogen (secondary N) is 2. The molecule has 2 aromatic rings. The monoisotopic (exact) mass is 348 g/mol. The van der Waals surface area contributed by atoms with Crippen molar-refractivity contribution in [3.63, 3.8) is 0 Å². The molecule has 0 unspecified atom stereocenters. The number of hydrogen-bond donors (Lipinski definition) is 2. The Bertz CT molecular complexity index is 697. The maximum Gasteiger partial charge on any atom is 0.319 e. The molecule has 0 aliphatic heterocycles. The van der Waals surface area contributed by atoms with Gasteiger partial charge in [-0.3, -0.25) is 0 Å². The number of halogens is 1. The van der Waals surface area contributed by atoms with Crippen molar-refractivity contribution in [2.75, 3.05) is 5.32 Å². The van der Waals surface area contributed by atoms with Crippen molar-refractivity contribution >= 4 is 23.5 Å². The Morgan fingerprint density at radius 1 is 1.29 bits per heavy atom. The topological polar surface area (TPSA) is 59.0 Å². The fourth-order valence-corrected chi connectivity index (χ4v) is 4.00. The number of anilines is 1. The number of benzene rings is 1. The predicted octanol–water partition coefficient (Wildman–Crippen LogP) is 3.78. The second-order valence-electron chi connectivity index (χ2n) is 5.99. The predicted molar refractivity (Wildman–Crippen MR) is 93.7 cm³/mol. The number of thioether (sulfide) groups is 1. The van der Waals surface area contributed by atoms with Gasteiger partial charge in [0.15, 0.2) is 5.16 Å². The number of hydrogen-bond acceptors (Lipinski definition) is 3. The molecule has 1 aliphatic carbocycles. The zero-order valence-corrected chi connectivity index (χ0v) is 14.4. The maximum absolute atomic E-state index is 13.5. The highest BCUT2D eigenvalue weighted by molar-refractivity contribution is 7.99. The minimum Gasteiger partial charge on any atom is -0.335 e. The number of rotatable bonds is 4.